The van der Waals surface area contributed by atoms with Crippen molar-refractivity contribution >= 4 is 10.0 Å². The predicted octanol–water partition coefficient (Wildman–Crippen LogP) is 2.09. The normalized spacial score (nSPS) is 32.2. The van der Waals surface area contributed by atoms with Crippen LogP contribution in [0.2, 0.25) is 0 Å². The molecule has 0 spiro atoms. The van der Waals surface area contributed by atoms with Gasteiger partial charge in [-0.2, -0.15) is 0 Å². The van der Waals surface area contributed by atoms with E-state index >= 15 is 0 Å². The summed E-state index contributed by atoms with van der Waals surface area (Å²) in [4.78, 5) is 2.83. The van der Waals surface area contributed by atoms with Crippen molar-refractivity contribution in [2.24, 2.45) is 11.8 Å². The molecule has 1 unspecified atom stereocenters. The summed E-state index contributed by atoms with van der Waals surface area (Å²) in [5.74, 6) is 1.59. The molecule has 116 valence electrons. The molecule has 3 aliphatic heterocycles. The molecule has 3 aliphatic rings. The molecular weight excluding hydrogens is 284 g/mol. The average molecular weight is 308 g/mol. The minimum absolute atomic E-state index is 0.354. The molecule has 1 aromatic rings. The summed E-state index contributed by atoms with van der Waals surface area (Å²) in [5.41, 5.74) is 0. The third-order valence-corrected chi connectivity index (χ3v) is 6.54. The van der Waals surface area contributed by atoms with Crippen LogP contribution in [0.25, 0.3) is 0 Å². The molecular formula is C16H24N2O2S. The topological polar surface area (TPSA) is 49.4 Å². The van der Waals surface area contributed by atoms with Gasteiger partial charge >= 0.3 is 0 Å². The fourth-order valence-corrected chi connectivity index (χ4v) is 4.91. The zero-order valence-electron chi connectivity index (χ0n) is 12.5. The number of rotatable bonds is 5. The molecule has 0 amide bonds. The van der Waals surface area contributed by atoms with Crippen molar-refractivity contribution in [1.82, 2.24) is 9.62 Å². The summed E-state index contributed by atoms with van der Waals surface area (Å²) in [5, 5.41) is 0. The first-order valence-corrected chi connectivity index (χ1v) is 9.37. The van der Waals surface area contributed by atoms with E-state index in [4.69, 9.17) is 0 Å². The van der Waals surface area contributed by atoms with Gasteiger partial charge in [0.25, 0.3) is 0 Å². The van der Waals surface area contributed by atoms with Crippen molar-refractivity contribution in [3.05, 3.63) is 30.3 Å². The highest BCUT2D eigenvalue weighted by atomic mass is 32.2. The van der Waals surface area contributed by atoms with E-state index in [-0.39, 0.29) is 0 Å². The summed E-state index contributed by atoms with van der Waals surface area (Å²) >= 11 is 0. The lowest BCUT2D eigenvalue weighted by atomic mass is 9.74. The molecule has 0 radical (unpaired) electrons. The van der Waals surface area contributed by atoms with E-state index in [9.17, 15) is 8.42 Å². The lowest BCUT2D eigenvalue weighted by Crippen LogP contribution is -2.56. The van der Waals surface area contributed by atoms with E-state index in [1.807, 2.05) is 6.07 Å². The molecule has 3 heterocycles. The molecule has 3 saturated heterocycles. The molecule has 0 aromatic heterocycles. The van der Waals surface area contributed by atoms with Crippen molar-refractivity contribution < 1.29 is 8.42 Å². The lowest BCUT2D eigenvalue weighted by Gasteiger charge is -2.49. The summed E-state index contributed by atoms with van der Waals surface area (Å²) in [7, 11) is -3.37. The zero-order chi connectivity index (χ0) is 14.9. The van der Waals surface area contributed by atoms with Gasteiger partial charge < -0.3 is 0 Å². The van der Waals surface area contributed by atoms with Crippen LogP contribution in [-0.2, 0) is 10.0 Å². The van der Waals surface area contributed by atoms with Gasteiger partial charge in [-0.05, 0) is 43.4 Å². The van der Waals surface area contributed by atoms with Gasteiger partial charge in [0.2, 0.25) is 10.0 Å². The Balaban J connectivity index is 1.62. The smallest absolute Gasteiger partial charge is 0.240 e. The lowest BCUT2D eigenvalue weighted by molar-refractivity contribution is 0.00236. The van der Waals surface area contributed by atoms with Gasteiger partial charge in [-0.1, -0.05) is 31.5 Å². The summed E-state index contributed by atoms with van der Waals surface area (Å²) in [6.07, 6.45) is 3.65. The number of hydrogen-bond acceptors (Lipinski definition) is 3. The van der Waals surface area contributed by atoms with Crippen LogP contribution < -0.4 is 4.72 Å². The Morgan fingerprint density at radius 2 is 2.05 bits per heavy atom. The fraction of sp³-hybridized carbons (Fsp3) is 0.625. The highest BCUT2D eigenvalue weighted by Crippen LogP contribution is 2.37. The zero-order valence-corrected chi connectivity index (χ0v) is 13.3. The molecule has 5 heteroatoms. The van der Waals surface area contributed by atoms with Gasteiger partial charge in [0.1, 0.15) is 0 Å². The Hall–Kier alpha value is -0.910. The summed E-state index contributed by atoms with van der Waals surface area (Å²) in [6.45, 7) is 5.06. The van der Waals surface area contributed by atoms with Crippen LogP contribution >= 0.6 is 0 Å². The Bertz CT molecular complexity index is 573. The Morgan fingerprint density at radius 1 is 1.29 bits per heavy atom. The van der Waals surface area contributed by atoms with Gasteiger partial charge in [0.15, 0.2) is 0 Å². The van der Waals surface area contributed by atoms with Crippen LogP contribution in [0.15, 0.2) is 35.2 Å². The number of nitrogens with one attached hydrogen (secondary N) is 1. The van der Waals surface area contributed by atoms with Gasteiger partial charge in [0, 0.05) is 19.1 Å². The molecule has 4 nitrogen and oxygen atoms in total. The summed E-state index contributed by atoms with van der Waals surface area (Å²) < 4.78 is 27.3. The van der Waals surface area contributed by atoms with E-state index in [2.05, 4.69) is 16.5 Å². The highest BCUT2D eigenvalue weighted by molar-refractivity contribution is 7.89. The van der Waals surface area contributed by atoms with Crippen molar-refractivity contribution in [3.8, 4) is 0 Å². The minimum atomic E-state index is -3.37. The number of fused-ring (bicyclic) bond motifs is 3. The standard InChI is InChI=1S/C16H24N2O2S/c1-2-13-12-18-9-8-14(13)10-15(18)11-17-21(19,20)16-6-4-3-5-7-16/h3-7,13-15,17H,2,8-12H2,1H3/t13-,14+,15-/m1/s1. The number of hydrogen-bond donors (Lipinski definition) is 1. The first-order chi connectivity index (χ1) is 10.1. The number of piperidine rings is 3. The molecule has 1 aromatic carbocycles. The van der Waals surface area contributed by atoms with E-state index in [1.165, 1.54) is 12.8 Å². The summed E-state index contributed by atoms with van der Waals surface area (Å²) in [6, 6.07) is 8.99. The second-order valence-corrected chi connectivity index (χ2v) is 8.03. The van der Waals surface area contributed by atoms with Crippen molar-refractivity contribution in [1.29, 1.82) is 0 Å². The van der Waals surface area contributed by atoms with Crippen LogP contribution in [0.5, 0.6) is 0 Å². The Labute approximate surface area is 127 Å². The van der Waals surface area contributed by atoms with E-state index in [0.29, 0.717) is 17.5 Å². The second-order valence-electron chi connectivity index (χ2n) is 6.27. The molecule has 0 aliphatic carbocycles. The quantitative estimate of drug-likeness (QED) is 0.906. The monoisotopic (exact) mass is 308 g/mol. The van der Waals surface area contributed by atoms with Crippen LogP contribution in [0.3, 0.4) is 0 Å². The average Bonchev–Trinajstić information content (AvgIpc) is 2.54. The maximum absolute atomic E-state index is 12.3. The SMILES string of the molecule is CC[C@@H]1CN2CC[C@H]1C[C@@H]2CNS(=O)(=O)c1ccccc1. The first-order valence-electron chi connectivity index (χ1n) is 7.89. The van der Waals surface area contributed by atoms with Crippen LogP contribution in [-0.4, -0.2) is 39.0 Å². The van der Waals surface area contributed by atoms with Crippen LogP contribution in [0, 0.1) is 11.8 Å². The van der Waals surface area contributed by atoms with E-state index in [0.717, 1.165) is 31.3 Å². The van der Waals surface area contributed by atoms with Gasteiger partial charge in [0.05, 0.1) is 4.90 Å². The number of sulfonamides is 1. The van der Waals surface area contributed by atoms with Gasteiger partial charge in [-0.15, -0.1) is 0 Å². The highest BCUT2D eigenvalue weighted by Gasteiger charge is 2.39. The van der Waals surface area contributed by atoms with Crippen molar-refractivity contribution in [2.45, 2.75) is 37.1 Å². The van der Waals surface area contributed by atoms with Crippen LogP contribution in [0.4, 0.5) is 0 Å². The first kappa shape index (κ1) is 15.0. The number of nitrogens with zero attached hydrogens (tertiary/aromatic N) is 1. The van der Waals surface area contributed by atoms with E-state index < -0.39 is 10.0 Å². The molecule has 4 rings (SSSR count). The Kier molecular flexibility index (Phi) is 4.33. The van der Waals surface area contributed by atoms with Crippen molar-refractivity contribution in [3.63, 3.8) is 0 Å². The molecule has 3 fully saturated rings. The van der Waals surface area contributed by atoms with E-state index in [1.54, 1.807) is 24.3 Å². The molecule has 1 N–H and O–H groups in total. The maximum Gasteiger partial charge on any atom is 0.240 e. The number of benzene rings is 1. The Morgan fingerprint density at radius 3 is 2.67 bits per heavy atom. The predicted molar refractivity (Wildman–Crippen MR) is 83.5 cm³/mol. The second kappa shape index (κ2) is 6.07. The van der Waals surface area contributed by atoms with Gasteiger partial charge in [-0.3, -0.25) is 4.90 Å². The molecule has 0 saturated carbocycles. The minimum Gasteiger partial charge on any atom is -0.299 e. The maximum atomic E-state index is 12.3. The largest absolute Gasteiger partial charge is 0.299 e. The molecule has 21 heavy (non-hydrogen) atoms. The molecule has 2 bridgehead atoms. The third-order valence-electron chi connectivity index (χ3n) is 5.10. The van der Waals surface area contributed by atoms with Gasteiger partial charge in [-0.25, -0.2) is 13.1 Å². The third kappa shape index (κ3) is 3.15. The van der Waals surface area contributed by atoms with Crippen molar-refractivity contribution in [2.75, 3.05) is 19.6 Å². The fourth-order valence-electron chi connectivity index (χ4n) is 3.81. The molecule has 4 atom stereocenters. The van der Waals surface area contributed by atoms with Crippen LogP contribution in [0.1, 0.15) is 26.2 Å².